The summed E-state index contributed by atoms with van der Waals surface area (Å²) in [6.45, 7) is 5.16. The number of piperidine rings is 2. The number of carbonyl (C=O) groups excluding carboxylic acids is 4. The van der Waals surface area contributed by atoms with Crippen molar-refractivity contribution in [1.29, 1.82) is 0 Å². The Kier molecular flexibility index (Phi) is 6.23. The van der Waals surface area contributed by atoms with Crippen LogP contribution < -0.4 is 10.6 Å². The molecule has 2 saturated heterocycles. The lowest BCUT2D eigenvalue weighted by Crippen LogP contribution is -2.52. The van der Waals surface area contributed by atoms with Crippen LogP contribution in [0, 0.1) is 0 Å². The van der Waals surface area contributed by atoms with Crippen LogP contribution in [-0.4, -0.2) is 68.0 Å². The lowest BCUT2D eigenvalue weighted by atomic mass is 9.80. The van der Waals surface area contributed by atoms with Crippen LogP contribution in [-0.2, 0) is 16.1 Å². The Hall–Kier alpha value is -4.02. The summed E-state index contributed by atoms with van der Waals surface area (Å²) in [5.74, 6) is -1.72. The van der Waals surface area contributed by atoms with Crippen molar-refractivity contribution in [3.05, 3.63) is 59.6 Å². The van der Waals surface area contributed by atoms with E-state index in [0.717, 1.165) is 16.9 Å². The maximum Gasteiger partial charge on any atom is 0.264 e. The van der Waals surface area contributed by atoms with E-state index in [2.05, 4.69) is 22.3 Å². The van der Waals surface area contributed by atoms with Gasteiger partial charge in [0.15, 0.2) is 5.67 Å². The van der Waals surface area contributed by atoms with E-state index in [-0.39, 0.29) is 23.1 Å². The van der Waals surface area contributed by atoms with Crippen molar-refractivity contribution in [2.24, 2.45) is 0 Å². The minimum absolute atomic E-state index is 0.117. The van der Waals surface area contributed by atoms with Gasteiger partial charge < -0.3 is 15.5 Å². The number of likely N-dealkylation sites (tertiary alicyclic amines) is 1. The quantitative estimate of drug-likeness (QED) is 0.551. The SMILES string of the molecule is C=C1CCC(N2C(=O)c3cccc(NCc4cnn(C5CCN(C(=O)C6(F)CCC6)CC5)c4)c3C2=O)C(=O)N1. The summed E-state index contributed by atoms with van der Waals surface area (Å²) in [4.78, 5) is 54.1. The van der Waals surface area contributed by atoms with E-state index in [1.54, 1.807) is 29.3 Å². The lowest BCUT2D eigenvalue weighted by Gasteiger charge is -2.40. The zero-order valence-corrected chi connectivity index (χ0v) is 21.6. The minimum atomic E-state index is -1.66. The molecule has 4 amide bonds. The largest absolute Gasteiger partial charge is 0.380 e. The van der Waals surface area contributed by atoms with Gasteiger partial charge in [0.2, 0.25) is 5.91 Å². The van der Waals surface area contributed by atoms with Crippen LogP contribution in [0.5, 0.6) is 0 Å². The molecule has 2 N–H and O–H groups in total. The molecule has 4 aliphatic rings. The molecule has 1 saturated carbocycles. The molecule has 1 atom stereocenters. The Labute approximate surface area is 225 Å². The van der Waals surface area contributed by atoms with Gasteiger partial charge in [-0.2, -0.15) is 5.10 Å². The Morgan fingerprint density at radius 2 is 1.92 bits per heavy atom. The highest BCUT2D eigenvalue weighted by molar-refractivity contribution is 6.25. The number of rotatable bonds is 6. The second kappa shape index (κ2) is 9.62. The number of nitrogens with one attached hydrogen (secondary N) is 2. The number of aromatic nitrogens is 2. The first-order chi connectivity index (χ1) is 18.7. The molecule has 4 heterocycles. The number of halogens is 1. The Morgan fingerprint density at radius 3 is 2.62 bits per heavy atom. The van der Waals surface area contributed by atoms with Gasteiger partial charge in [-0.3, -0.25) is 28.8 Å². The van der Waals surface area contributed by atoms with Crippen molar-refractivity contribution in [1.82, 2.24) is 24.9 Å². The molecule has 1 aromatic heterocycles. The van der Waals surface area contributed by atoms with Gasteiger partial charge in [-0.15, -0.1) is 0 Å². The third-order valence-electron chi connectivity index (χ3n) is 8.37. The van der Waals surface area contributed by atoms with Crippen molar-refractivity contribution in [2.45, 2.75) is 69.2 Å². The van der Waals surface area contributed by atoms with E-state index in [0.29, 0.717) is 69.5 Å². The molecular formula is C28H31FN6O4. The molecule has 204 valence electrons. The van der Waals surface area contributed by atoms with E-state index in [9.17, 15) is 23.6 Å². The number of alkyl halides is 1. The predicted octanol–water partition coefficient (Wildman–Crippen LogP) is 2.94. The Bertz CT molecular complexity index is 1370. The molecule has 2 aromatic rings. The summed E-state index contributed by atoms with van der Waals surface area (Å²) < 4.78 is 16.4. The molecule has 3 aliphatic heterocycles. The first-order valence-corrected chi connectivity index (χ1v) is 13.5. The van der Waals surface area contributed by atoms with E-state index >= 15 is 0 Å². The summed E-state index contributed by atoms with van der Waals surface area (Å²) in [7, 11) is 0. The summed E-state index contributed by atoms with van der Waals surface area (Å²) >= 11 is 0. The molecule has 0 radical (unpaired) electrons. The number of fused-ring (bicyclic) bond motifs is 1. The van der Waals surface area contributed by atoms with E-state index in [4.69, 9.17) is 0 Å². The smallest absolute Gasteiger partial charge is 0.264 e. The van der Waals surface area contributed by atoms with Crippen LogP contribution in [0.15, 0.2) is 42.9 Å². The summed E-state index contributed by atoms with van der Waals surface area (Å²) in [5.41, 5.74) is 0.872. The van der Waals surface area contributed by atoms with Crippen molar-refractivity contribution < 1.29 is 23.6 Å². The zero-order chi connectivity index (χ0) is 27.3. The van der Waals surface area contributed by atoms with E-state index in [1.807, 2.05) is 10.9 Å². The third kappa shape index (κ3) is 4.39. The fourth-order valence-corrected chi connectivity index (χ4v) is 5.93. The van der Waals surface area contributed by atoms with Crippen molar-refractivity contribution in [3.63, 3.8) is 0 Å². The Morgan fingerprint density at radius 1 is 1.15 bits per heavy atom. The molecule has 10 nitrogen and oxygen atoms in total. The number of amides is 4. The number of benzene rings is 1. The number of nitrogens with zero attached hydrogens (tertiary/aromatic N) is 4. The maximum absolute atomic E-state index is 14.5. The van der Waals surface area contributed by atoms with Crippen LogP contribution in [0.1, 0.15) is 77.3 Å². The van der Waals surface area contributed by atoms with Gasteiger partial charge in [-0.05, 0) is 57.1 Å². The van der Waals surface area contributed by atoms with Crippen molar-refractivity contribution in [3.8, 4) is 0 Å². The van der Waals surface area contributed by atoms with E-state index < -0.39 is 29.4 Å². The number of carbonyl (C=O) groups is 4. The predicted molar refractivity (Wildman–Crippen MR) is 139 cm³/mol. The molecule has 1 aliphatic carbocycles. The summed E-state index contributed by atoms with van der Waals surface area (Å²) in [5, 5.41) is 10.4. The number of anilines is 1. The zero-order valence-electron chi connectivity index (χ0n) is 21.6. The van der Waals surface area contributed by atoms with Gasteiger partial charge >= 0.3 is 0 Å². The standard InChI is InChI=1S/C28H31FN6O4/c1-17-6-7-22(24(36)32-17)35-25(37)20-4-2-5-21(23(20)26(35)38)30-14-18-15-31-34(16-18)19-8-12-33(13-9-19)27(39)28(29)10-3-11-28/h2,4-5,15-16,19,22,30H,1,3,6-14H2,(H,32,36). The van der Waals surface area contributed by atoms with E-state index in [1.165, 1.54) is 0 Å². The average molecular weight is 535 g/mol. The average Bonchev–Trinajstić information content (AvgIpc) is 3.49. The Balaban J connectivity index is 1.09. The second-order valence-corrected chi connectivity index (χ2v) is 10.9. The molecule has 39 heavy (non-hydrogen) atoms. The number of allylic oxidation sites excluding steroid dienone is 1. The first-order valence-electron chi connectivity index (χ1n) is 13.5. The number of hydrogen-bond donors (Lipinski definition) is 2. The van der Waals surface area contributed by atoms with Gasteiger partial charge in [0.25, 0.3) is 17.7 Å². The topological polar surface area (TPSA) is 117 Å². The highest BCUT2D eigenvalue weighted by atomic mass is 19.1. The van der Waals surface area contributed by atoms with Gasteiger partial charge in [0.1, 0.15) is 6.04 Å². The van der Waals surface area contributed by atoms with Crippen molar-refractivity contribution >= 4 is 29.3 Å². The number of imide groups is 1. The fourth-order valence-electron chi connectivity index (χ4n) is 5.93. The van der Waals surface area contributed by atoms with Gasteiger partial charge in [0, 0.05) is 42.8 Å². The number of hydrogen-bond acceptors (Lipinski definition) is 6. The molecule has 1 unspecified atom stereocenters. The van der Waals surface area contributed by atoms with Crippen LogP contribution in [0.2, 0.25) is 0 Å². The molecule has 6 rings (SSSR count). The van der Waals surface area contributed by atoms with Crippen LogP contribution in [0.25, 0.3) is 0 Å². The van der Waals surface area contributed by atoms with Crippen LogP contribution in [0.3, 0.4) is 0 Å². The second-order valence-electron chi connectivity index (χ2n) is 10.9. The molecule has 3 fully saturated rings. The van der Waals surface area contributed by atoms with Gasteiger partial charge in [-0.1, -0.05) is 12.6 Å². The molecule has 0 spiro atoms. The third-order valence-corrected chi connectivity index (χ3v) is 8.37. The van der Waals surface area contributed by atoms with Crippen LogP contribution in [0.4, 0.5) is 10.1 Å². The monoisotopic (exact) mass is 534 g/mol. The lowest BCUT2D eigenvalue weighted by molar-refractivity contribution is -0.151. The van der Waals surface area contributed by atoms with Crippen LogP contribution >= 0.6 is 0 Å². The molecule has 0 bridgehead atoms. The van der Waals surface area contributed by atoms with Gasteiger partial charge in [-0.25, -0.2) is 4.39 Å². The maximum atomic E-state index is 14.5. The highest BCUT2D eigenvalue weighted by Crippen LogP contribution is 2.38. The normalized spacial score (nSPS) is 22.9. The summed E-state index contributed by atoms with van der Waals surface area (Å²) in [6.07, 6.45) is 7.37. The highest BCUT2D eigenvalue weighted by Gasteiger charge is 2.47. The molecule has 1 aromatic carbocycles. The first kappa shape index (κ1) is 25.3. The van der Waals surface area contributed by atoms with Gasteiger partial charge in [0.05, 0.1) is 23.4 Å². The molecule has 11 heteroatoms. The summed E-state index contributed by atoms with van der Waals surface area (Å²) in [6, 6.07) is 4.31. The fraction of sp³-hybridized carbons (Fsp3) is 0.464. The molecular weight excluding hydrogens is 503 g/mol. The van der Waals surface area contributed by atoms with Crippen molar-refractivity contribution in [2.75, 3.05) is 18.4 Å². The minimum Gasteiger partial charge on any atom is -0.380 e.